The zero-order valence-electron chi connectivity index (χ0n) is 11.3. The molecule has 0 aliphatic rings. The molecule has 20 heavy (non-hydrogen) atoms. The molecule has 0 fully saturated rings. The number of carbonyl (C=O) groups excluding carboxylic acids is 1. The molecule has 2 aromatic carbocycles. The number of benzene rings is 2. The molecular formula is C16H18N2O2. The summed E-state index contributed by atoms with van der Waals surface area (Å²) in [4.78, 5) is 12.3. The number of phenols is 1. The predicted molar refractivity (Wildman–Crippen MR) is 78.5 cm³/mol. The molecular weight excluding hydrogens is 252 g/mol. The summed E-state index contributed by atoms with van der Waals surface area (Å²) in [5.41, 5.74) is 7.72. The maximum Gasteiger partial charge on any atom is 0.252 e. The van der Waals surface area contributed by atoms with E-state index in [2.05, 4.69) is 5.32 Å². The van der Waals surface area contributed by atoms with Crippen LogP contribution in [0, 0.1) is 6.92 Å². The highest BCUT2D eigenvalue weighted by molar-refractivity contribution is 5.96. The average molecular weight is 270 g/mol. The normalized spacial score (nSPS) is 11.9. The first-order valence-electron chi connectivity index (χ1n) is 6.48. The summed E-state index contributed by atoms with van der Waals surface area (Å²) in [6.45, 7) is 2.03. The van der Waals surface area contributed by atoms with Gasteiger partial charge in [-0.1, -0.05) is 36.4 Å². The number of aromatic hydroxyl groups is 1. The molecule has 0 saturated heterocycles. The van der Waals surface area contributed by atoms with Gasteiger partial charge in [-0.15, -0.1) is 0 Å². The van der Waals surface area contributed by atoms with Crippen LogP contribution in [0.1, 0.15) is 27.5 Å². The van der Waals surface area contributed by atoms with E-state index in [1.54, 1.807) is 25.1 Å². The second-order valence-electron chi connectivity index (χ2n) is 4.62. The molecule has 0 saturated carbocycles. The summed E-state index contributed by atoms with van der Waals surface area (Å²) in [6, 6.07) is 14.2. The molecule has 0 aliphatic heterocycles. The highest BCUT2D eigenvalue weighted by Crippen LogP contribution is 2.20. The summed E-state index contributed by atoms with van der Waals surface area (Å²) in [5, 5.41) is 12.5. The quantitative estimate of drug-likeness (QED) is 0.796. The van der Waals surface area contributed by atoms with Gasteiger partial charge in [-0.3, -0.25) is 4.79 Å². The molecule has 0 bridgehead atoms. The van der Waals surface area contributed by atoms with Crippen LogP contribution in [0.15, 0.2) is 48.5 Å². The molecule has 2 aromatic rings. The van der Waals surface area contributed by atoms with Crippen molar-refractivity contribution in [3.8, 4) is 5.75 Å². The van der Waals surface area contributed by atoms with Gasteiger partial charge in [-0.25, -0.2) is 0 Å². The van der Waals surface area contributed by atoms with Gasteiger partial charge in [0.1, 0.15) is 5.75 Å². The van der Waals surface area contributed by atoms with Crippen molar-refractivity contribution in [1.82, 2.24) is 5.32 Å². The highest BCUT2D eigenvalue weighted by atomic mass is 16.3. The van der Waals surface area contributed by atoms with Crippen LogP contribution in [0.25, 0.3) is 0 Å². The average Bonchev–Trinajstić information content (AvgIpc) is 2.48. The summed E-state index contributed by atoms with van der Waals surface area (Å²) in [6.07, 6.45) is 0. The van der Waals surface area contributed by atoms with Gasteiger partial charge in [-0.2, -0.15) is 0 Å². The van der Waals surface area contributed by atoms with E-state index >= 15 is 0 Å². The molecule has 1 atom stereocenters. The maximum atomic E-state index is 12.3. The summed E-state index contributed by atoms with van der Waals surface area (Å²) >= 11 is 0. The first-order valence-corrected chi connectivity index (χ1v) is 6.48. The van der Waals surface area contributed by atoms with E-state index in [1.165, 1.54) is 0 Å². The van der Waals surface area contributed by atoms with Gasteiger partial charge in [0.25, 0.3) is 5.91 Å². The Morgan fingerprint density at radius 1 is 1.20 bits per heavy atom. The van der Waals surface area contributed by atoms with Crippen LogP contribution < -0.4 is 11.1 Å². The first kappa shape index (κ1) is 14.1. The van der Waals surface area contributed by atoms with Gasteiger partial charge in [0.05, 0.1) is 6.04 Å². The lowest BCUT2D eigenvalue weighted by molar-refractivity contribution is 0.0936. The van der Waals surface area contributed by atoms with Crippen LogP contribution in [0.5, 0.6) is 5.75 Å². The predicted octanol–water partition coefficient (Wildman–Crippen LogP) is 2.13. The zero-order chi connectivity index (χ0) is 14.5. The topological polar surface area (TPSA) is 75.3 Å². The molecule has 4 nitrogen and oxygen atoms in total. The minimum Gasteiger partial charge on any atom is -0.508 e. The fourth-order valence-electron chi connectivity index (χ4n) is 2.07. The van der Waals surface area contributed by atoms with Crippen molar-refractivity contribution in [3.05, 3.63) is 65.2 Å². The van der Waals surface area contributed by atoms with Crippen molar-refractivity contribution in [2.75, 3.05) is 6.54 Å². The van der Waals surface area contributed by atoms with Crippen LogP contribution in [0.2, 0.25) is 0 Å². The SMILES string of the molecule is Cc1c(O)cccc1C(=O)NC(CN)c1ccccc1. The number of nitrogens with one attached hydrogen (secondary N) is 1. The molecule has 104 valence electrons. The van der Waals surface area contributed by atoms with E-state index in [9.17, 15) is 9.90 Å². The Labute approximate surface area is 118 Å². The second kappa shape index (κ2) is 6.21. The molecule has 0 radical (unpaired) electrons. The molecule has 4 N–H and O–H groups in total. The lowest BCUT2D eigenvalue weighted by Gasteiger charge is -2.18. The smallest absolute Gasteiger partial charge is 0.252 e. The third kappa shape index (κ3) is 2.97. The van der Waals surface area contributed by atoms with Gasteiger partial charge < -0.3 is 16.2 Å². The largest absolute Gasteiger partial charge is 0.508 e. The molecule has 1 unspecified atom stereocenters. The standard InChI is InChI=1S/C16H18N2O2/c1-11-13(8-5-9-15(11)19)16(20)18-14(10-17)12-6-3-2-4-7-12/h2-9,14,19H,10,17H2,1H3,(H,18,20). The molecule has 0 aliphatic carbocycles. The van der Waals surface area contributed by atoms with Crippen molar-refractivity contribution in [1.29, 1.82) is 0 Å². The Morgan fingerprint density at radius 3 is 2.55 bits per heavy atom. The summed E-state index contributed by atoms with van der Waals surface area (Å²) < 4.78 is 0. The number of nitrogens with two attached hydrogens (primary N) is 1. The summed E-state index contributed by atoms with van der Waals surface area (Å²) in [7, 11) is 0. The van der Waals surface area contributed by atoms with Gasteiger partial charge in [-0.05, 0) is 24.6 Å². The Bertz CT molecular complexity index is 597. The number of carbonyl (C=O) groups is 1. The van der Waals surface area contributed by atoms with E-state index in [0.717, 1.165) is 5.56 Å². The molecule has 0 heterocycles. The van der Waals surface area contributed by atoms with Crippen molar-refractivity contribution in [3.63, 3.8) is 0 Å². The van der Waals surface area contributed by atoms with Crippen LogP contribution in [0.4, 0.5) is 0 Å². The number of hydrogen-bond acceptors (Lipinski definition) is 3. The Hall–Kier alpha value is -2.33. The highest BCUT2D eigenvalue weighted by Gasteiger charge is 2.16. The molecule has 0 aromatic heterocycles. The van der Waals surface area contributed by atoms with E-state index in [1.807, 2.05) is 30.3 Å². The molecule has 1 amide bonds. The van der Waals surface area contributed by atoms with E-state index in [4.69, 9.17) is 5.73 Å². The van der Waals surface area contributed by atoms with Crippen LogP contribution >= 0.6 is 0 Å². The monoisotopic (exact) mass is 270 g/mol. The maximum absolute atomic E-state index is 12.3. The molecule has 2 rings (SSSR count). The van der Waals surface area contributed by atoms with Crippen LogP contribution in [0.3, 0.4) is 0 Å². The van der Waals surface area contributed by atoms with Gasteiger partial charge in [0.2, 0.25) is 0 Å². The third-order valence-electron chi connectivity index (χ3n) is 3.29. The van der Waals surface area contributed by atoms with Gasteiger partial charge in [0.15, 0.2) is 0 Å². The van der Waals surface area contributed by atoms with Crippen LogP contribution in [-0.2, 0) is 0 Å². The van der Waals surface area contributed by atoms with E-state index in [-0.39, 0.29) is 17.7 Å². The minimum atomic E-state index is -0.245. The van der Waals surface area contributed by atoms with E-state index in [0.29, 0.717) is 17.7 Å². The lowest BCUT2D eigenvalue weighted by atomic mass is 10.0. The number of amides is 1. The Balaban J connectivity index is 2.20. The number of phenolic OH excluding ortho intramolecular Hbond substituents is 1. The van der Waals surface area contributed by atoms with Gasteiger partial charge >= 0.3 is 0 Å². The van der Waals surface area contributed by atoms with Crippen molar-refractivity contribution in [2.24, 2.45) is 5.73 Å². The fraction of sp³-hybridized carbons (Fsp3) is 0.188. The zero-order valence-corrected chi connectivity index (χ0v) is 11.3. The van der Waals surface area contributed by atoms with E-state index < -0.39 is 0 Å². The van der Waals surface area contributed by atoms with Crippen molar-refractivity contribution < 1.29 is 9.90 Å². The van der Waals surface area contributed by atoms with Crippen LogP contribution in [-0.4, -0.2) is 17.6 Å². The third-order valence-corrected chi connectivity index (χ3v) is 3.29. The summed E-state index contributed by atoms with van der Waals surface area (Å²) in [5.74, 6) is -0.126. The number of rotatable bonds is 4. The van der Waals surface area contributed by atoms with Crippen molar-refractivity contribution >= 4 is 5.91 Å². The Kier molecular flexibility index (Phi) is 4.38. The number of hydrogen-bond donors (Lipinski definition) is 3. The lowest BCUT2D eigenvalue weighted by Crippen LogP contribution is -2.33. The Morgan fingerprint density at radius 2 is 1.90 bits per heavy atom. The fourth-order valence-corrected chi connectivity index (χ4v) is 2.07. The molecule has 0 spiro atoms. The second-order valence-corrected chi connectivity index (χ2v) is 4.62. The minimum absolute atomic E-state index is 0.113. The first-order chi connectivity index (χ1) is 9.63. The van der Waals surface area contributed by atoms with Gasteiger partial charge in [0, 0.05) is 17.7 Å². The molecule has 4 heteroatoms. The van der Waals surface area contributed by atoms with Crippen molar-refractivity contribution in [2.45, 2.75) is 13.0 Å².